The molecule has 0 atom stereocenters. The number of ether oxygens (including phenoxy) is 1. The van der Waals surface area contributed by atoms with E-state index in [1.54, 1.807) is 31.9 Å². The van der Waals surface area contributed by atoms with Gasteiger partial charge in [0, 0.05) is 17.8 Å². The first-order chi connectivity index (χ1) is 11.7. The Hall–Kier alpha value is -2.38. The van der Waals surface area contributed by atoms with E-state index < -0.39 is 10.0 Å². The first-order valence-corrected chi connectivity index (χ1v) is 9.40. The third kappa shape index (κ3) is 3.12. The van der Waals surface area contributed by atoms with E-state index in [9.17, 15) is 13.2 Å². The summed E-state index contributed by atoms with van der Waals surface area (Å²) in [5.41, 5.74) is 3.45. The van der Waals surface area contributed by atoms with Gasteiger partial charge in [0.1, 0.15) is 5.75 Å². The van der Waals surface area contributed by atoms with Crippen LogP contribution in [0.3, 0.4) is 0 Å². The second-order valence-electron chi connectivity index (χ2n) is 6.18. The number of amides is 1. The van der Waals surface area contributed by atoms with Gasteiger partial charge in [0.15, 0.2) is 0 Å². The lowest BCUT2D eigenvalue weighted by Gasteiger charge is -2.20. The van der Waals surface area contributed by atoms with Gasteiger partial charge in [-0.25, -0.2) is 13.6 Å². The highest BCUT2D eigenvalue weighted by Gasteiger charge is 2.28. The molecule has 2 N–H and O–H groups in total. The van der Waals surface area contributed by atoms with Crippen molar-refractivity contribution in [2.75, 3.05) is 18.6 Å². The highest BCUT2D eigenvalue weighted by molar-refractivity contribution is 7.89. The van der Waals surface area contributed by atoms with Crippen molar-refractivity contribution < 1.29 is 17.9 Å². The minimum Gasteiger partial charge on any atom is -0.497 e. The number of rotatable bonds is 3. The van der Waals surface area contributed by atoms with Gasteiger partial charge in [-0.1, -0.05) is 6.07 Å². The minimum atomic E-state index is -3.89. The normalized spacial score (nSPS) is 13.7. The van der Waals surface area contributed by atoms with Gasteiger partial charge in [-0.2, -0.15) is 0 Å². The van der Waals surface area contributed by atoms with Gasteiger partial charge >= 0.3 is 0 Å². The first kappa shape index (κ1) is 17.4. The number of carbonyl (C=O) groups excluding carboxylic acids is 1. The van der Waals surface area contributed by atoms with Crippen molar-refractivity contribution in [3.63, 3.8) is 0 Å². The Bertz CT molecular complexity index is 967. The number of fused-ring (bicyclic) bond motifs is 1. The zero-order valence-corrected chi connectivity index (χ0v) is 15.2. The number of hydrogen-bond acceptors (Lipinski definition) is 4. The van der Waals surface area contributed by atoms with Crippen molar-refractivity contribution in [2.45, 2.75) is 25.2 Å². The number of hydrogen-bond donors (Lipinski definition) is 1. The Morgan fingerprint density at radius 3 is 2.52 bits per heavy atom. The van der Waals surface area contributed by atoms with Crippen LogP contribution in [0.1, 0.15) is 27.0 Å². The zero-order valence-electron chi connectivity index (χ0n) is 14.4. The van der Waals surface area contributed by atoms with E-state index in [1.807, 2.05) is 18.2 Å². The number of primary sulfonamides is 1. The van der Waals surface area contributed by atoms with Crippen LogP contribution < -0.4 is 14.8 Å². The molecule has 6 nitrogen and oxygen atoms in total. The molecule has 1 aliphatic heterocycles. The number of aryl methyl sites for hydroxylation is 2. The summed E-state index contributed by atoms with van der Waals surface area (Å²) in [5.74, 6) is 0.516. The van der Waals surface area contributed by atoms with Crippen molar-refractivity contribution in [3.05, 3.63) is 52.6 Å². The molecule has 3 rings (SSSR count). The van der Waals surface area contributed by atoms with E-state index in [0.29, 0.717) is 17.7 Å². The standard InChI is InChI=1S/C18H20N2O4S/c1-11-8-12(2)17(25(19,22)23)10-15(11)18(21)20-7-6-13-9-14(24-3)4-5-16(13)20/h4-5,8-10H,6-7H2,1-3H3,(H2,19,22,23). The molecule has 0 radical (unpaired) electrons. The van der Waals surface area contributed by atoms with Gasteiger partial charge in [-0.3, -0.25) is 4.79 Å². The summed E-state index contributed by atoms with van der Waals surface area (Å²) in [5, 5.41) is 5.27. The minimum absolute atomic E-state index is 0.0180. The Kier molecular flexibility index (Phi) is 4.30. The molecule has 2 aromatic carbocycles. The molecule has 0 aliphatic carbocycles. The molecule has 0 fully saturated rings. The van der Waals surface area contributed by atoms with E-state index in [1.165, 1.54) is 6.07 Å². The number of nitrogens with two attached hydrogens (primary N) is 1. The number of carbonyl (C=O) groups is 1. The molecule has 0 aromatic heterocycles. The third-order valence-electron chi connectivity index (χ3n) is 4.49. The van der Waals surface area contributed by atoms with E-state index in [4.69, 9.17) is 9.88 Å². The van der Waals surface area contributed by atoms with Gasteiger partial charge in [0.05, 0.1) is 12.0 Å². The van der Waals surface area contributed by atoms with Crippen LogP contribution in [0.5, 0.6) is 5.75 Å². The van der Waals surface area contributed by atoms with Crippen molar-refractivity contribution in [2.24, 2.45) is 5.14 Å². The second-order valence-corrected chi connectivity index (χ2v) is 7.71. The number of nitrogens with zero attached hydrogens (tertiary/aromatic N) is 1. The largest absolute Gasteiger partial charge is 0.497 e. The maximum atomic E-state index is 13.0. The highest BCUT2D eigenvalue weighted by atomic mass is 32.2. The number of benzene rings is 2. The highest BCUT2D eigenvalue weighted by Crippen LogP contribution is 2.33. The summed E-state index contributed by atoms with van der Waals surface area (Å²) in [6.07, 6.45) is 0.727. The predicted octanol–water partition coefficient (Wildman–Crippen LogP) is 2.16. The molecule has 7 heteroatoms. The molecule has 0 unspecified atom stereocenters. The monoisotopic (exact) mass is 360 g/mol. The van der Waals surface area contributed by atoms with Gasteiger partial charge in [-0.15, -0.1) is 0 Å². The first-order valence-electron chi connectivity index (χ1n) is 7.85. The van der Waals surface area contributed by atoms with Crippen molar-refractivity contribution >= 4 is 21.6 Å². The average molecular weight is 360 g/mol. The predicted molar refractivity (Wildman–Crippen MR) is 95.7 cm³/mol. The topological polar surface area (TPSA) is 89.7 Å². The van der Waals surface area contributed by atoms with Crippen LogP contribution in [0.15, 0.2) is 35.2 Å². The summed E-state index contributed by atoms with van der Waals surface area (Å²) >= 11 is 0. The fraction of sp³-hybridized carbons (Fsp3) is 0.278. The molecule has 25 heavy (non-hydrogen) atoms. The van der Waals surface area contributed by atoms with Crippen molar-refractivity contribution in [3.8, 4) is 5.75 Å². The third-order valence-corrected chi connectivity index (χ3v) is 5.54. The fourth-order valence-electron chi connectivity index (χ4n) is 3.23. The molecule has 1 amide bonds. The lowest BCUT2D eigenvalue weighted by molar-refractivity contribution is 0.0988. The molecule has 132 valence electrons. The Labute approximate surface area is 147 Å². The zero-order chi connectivity index (χ0) is 18.4. The van der Waals surface area contributed by atoms with Crippen LogP contribution in [-0.4, -0.2) is 28.0 Å². The van der Waals surface area contributed by atoms with E-state index in [-0.39, 0.29) is 10.8 Å². The molecular weight excluding hydrogens is 340 g/mol. The summed E-state index contributed by atoms with van der Waals surface area (Å²) < 4.78 is 28.8. The number of methoxy groups -OCH3 is 1. The molecule has 1 heterocycles. The Balaban J connectivity index is 2.04. The van der Waals surface area contributed by atoms with E-state index in [0.717, 1.165) is 29.0 Å². The van der Waals surface area contributed by atoms with E-state index in [2.05, 4.69) is 0 Å². The maximum absolute atomic E-state index is 13.0. The van der Waals surface area contributed by atoms with Crippen LogP contribution in [-0.2, 0) is 16.4 Å². The number of anilines is 1. The molecular formula is C18H20N2O4S. The Morgan fingerprint density at radius 2 is 1.88 bits per heavy atom. The van der Waals surface area contributed by atoms with E-state index >= 15 is 0 Å². The molecule has 2 aromatic rings. The van der Waals surface area contributed by atoms with Gasteiger partial charge in [0.2, 0.25) is 10.0 Å². The van der Waals surface area contributed by atoms with Crippen LogP contribution in [0.4, 0.5) is 5.69 Å². The molecule has 0 saturated carbocycles. The SMILES string of the molecule is COc1ccc2c(c1)CCN2C(=O)c1cc(S(N)(=O)=O)c(C)cc1C. The molecule has 0 spiro atoms. The van der Waals surface area contributed by atoms with Crippen LogP contribution >= 0.6 is 0 Å². The van der Waals surface area contributed by atoms with Crippen LogP contribution in [0, 0.1) is 13.8 Å². The average Bonchev–Trinajstić information content (AvgIpc) is 2.96. The maximum Gasteiger partial charge on any atom is 0.258 e. The lowest BCUT2D eigenvalue weighted by Crippen LogP contribution is -2.30. The molecule has 0 bridgehead atoms. The van der Waals surface area contributed by atoms with Gasteiger partial charge in [-0.05, 0) is 61.2 Å². The summed E-state index contributed by atoms with van der Waals surface area (Å²) in [7, 11) is -2.29. The second kappa shape index (κ2) is 6.16. The molecule has 1 aliphatic rings. The van der Waals surface area contributed by atoms with Crippen LogP contribution in [0.25, 0.3) is 0 Å². The lowest BCUT2D eigenvalue weighted by atomic mass is 10.0. The smallest absolute Gasteiger partial charge is 0.258 e. The summed E-state index contributed by atoms with van der Waals surface area (Å²) in [6.45, 7) is 4.00. The Morgan fingerprint density at radius 1 is 1.16 bits per heavy atom. The van der Waals surface area contributed by atoms with Crippen LogP contribution in [0.2, 0.25) is 0 Å². The fourth-order valence-corrected chi connectivity index (χ4v) is 4.02. The van der Waals surface area contributed by atoms with Crippen molar-refractivity contribution in [1.29, 1.82) is 0 Å². The van der Waals surface area contributed by atoms with Gasteiger partial charge < -0.3 is 9.64 Å². The number of sulfonamides is 1. The summed E-state index contributed by atoms with van der Waals surface area (Å²) in [4.78, 5) is 14.7. The van der Waals surface area contributed by atoms with Crippen molar-refractivity contribution in [1.82, 2.24) is 0 Å². The molecule has 0 saturated heterocycles. The van der Waals surface area contributed by atoms with Gasteiger partial charge in [0.25, 0.3) is 5.91 Å². The quantitative estimate of drug-likeness (QED) is 0.908. The summed E-state index contributed by atoms with van der Waals surface area (Å²) in [6, 6.07) is 8.63.